The number of halogens is 1. The number of thiophene rings is 1. The smallest absolute Gasteiger partial charge is 0.306 e. The van der Waals surface area contributed by atoms with E-state index in [1.165, 1.54) is 33.3 Å². The fourth-order valence-corrected chi connectivity index (χ4v) is 3.90. The molecule has 130 valence electrons. The second-order valence-corrected chi connectivity index (χ2v) is 7.87. The summed E-state index contributed by atoms with van der Waals surface area (Å²) in [6.45, 7) is 1.66. The maximum absolute atomic E-state index is 11.9. The summed E-state index contributed by atoms with van der Waals surface area (Å²) in [5.41, 5.74) is 0.320. The molecule has 7 nitrogen and oxygen atoms in total. The zero-order valence-electron chi connectivity index (χ0n) is 13.0. The minimum atomic E-state index is -0.508. The van der Waals surface area contributed by atoms with Crippen LogP contribution in [0.4, 0.5) is 0 Å². The van der Waals surface area contributed by atoms with Gasteiger partial charge in [-0.3, -0.25) is 14.4 Å². The van der Waals surface area contributed by atoms with Crippen molar-refractivity contribution in [3.63, 3.8) is 0 Å². The average molecular weight is 398 g/mol. The molecular formula is C15H12ClN3O4S2. The molecule has 3 heterocycles. The molecule has 0 N–H and O–H groups in total. The SMILES string of the molecule is Cc1cc(=O)n2nc(COC(=O)CCC(=O)c3ccc(Cl)s3)sc2n1. The van der Waals surface area contributed by atoms with Crippen LogP contribution in [0.2, 0.25) is 4.34 Å². The van der Waals surface area contributed by atoms with Crippen LogP contribution in [0.25, 0.3) is 4.96 Å². The van der Waals surface area contributed by atoms with Crippen molar-refractivity contribution in [1.29, 1.82) is 0 Å². The number of nitrogens with zero attached hydrogens (tertiary/aromatic N) is 3. The highest BCUT2D eigenvalue weighted by Gasteiger charge is 2.14. The van der Waals surface area contributed by atoms with Gasteiger partial charge in [0.15, 0.2) is 10.8 Å². The normalized spacial score (nSPS) is 11.0. The van der Waals surface area contributed by atoms with Crippen LogP contribution in [-0.2, 0) is 16.1 Å². The monoisotopic (exact) mass is 397 g/mol. The number of carbonyl (C=O) groups excluding carboxylic acids is 2. The summed E-state index contributed by atoms with van der Waals surface area (Å²) in [4.78, 5) is 40.6. The first-order valence-electron chi connectivity index (χ1n) is 7.23. The Kier molecular flexibility index (Phi) is 5.26. The standard InChI is InChI=1S/C15H12ClN3O4S2/c1-8-6-13(21)19-15(17-8)25-12(18-19)7-23-14(22)5-2-9(20)10-3-4-11(16)24-10/h3-4,6H,2,5,7H2,1H3. The van der Waals surface area contributed by atoms with Crippen molar-refractivity contribution >= 4 is 51.0 Å². The fourth-order valence-electron chi connectivity index (χ4n) is 2.04. The Morgan fingerprint density at radius 2 is 2.08 bits per heavy atom. The van der Waals surface area contributed by atoms with Crippen molar-refractivity contribution in [3.05, 3.63) is 48.5 Å². The zero-order chi connectivity index (χ0) is 18.0. The molecule has 0 saturated heterocycles. The first-order chi connectivity index (χ1) is 11.9. The molecule has 0 fully saturated rings. The van der Waals surface area contributed by atoms with E-state index in [1.807, 2.05) is 0 Å². The topological polar surface area (TPSA) is 90.6 Å². The highest BCUT2D eigenvalue weighted by atomic mass is 35.5. The van der Waals surface area contributed by atoms with Crippen molar-refractivity contribution in [1.82, 2.24) is 14.6 Å². The average Bonchev–Trinajstić information content (AvgIpc) is 3.16. The third-order valence-electron chi connectivity index (χ3n) is 3.18. The number of esters is 1. The number of aryl methyl sites for hydroxylation is 1. The number of fused-ring (bicyclic) bond motifs is 1. The van der Waals surface area contributed by atoms with Crippen molar-refractivity contribution in [2.75, 3.05) is 0 Å². The molecule has 0 atom stereocenters. The molecule has 0 amide bonds. The zero-order valence-corrected chi connectivity index (χ0v) is 15.4. The fraction of sp³-hybridized carbons (Fsp3) is 0.267. The Balaban J connectivity index is 1.55. The highest BCUT2D eigenvalue weighted by molar-refractivity contribution is 7.18. The molecule has 3 aromatic heterocycles. The van der Waals surface area contributed by atoms with Crippen LogP contribution >= 0.6 is 34.3 Å². The highest BCUT2D eigenvalue weighted by Crippen LogP contribution is 2.23. The lowest BCUT2D eigenvalue weighted by molar-refractivity contribution is -0.144. The van der Waals surface area contributed by atoms with Crippen molar-refractivity contribution in [2.24, 2.45) is 0 Å². The number of hydrogen-bond donors (Lipinski definition) is 0. The minimum Gasteiger partial charge on any atom is -0.458 e. The van der Waals surface area contributed by atoms with Crippen LogP contribution < -0.4 is 5.56 Å². The number of rotatable bonds is 6. The first-order valence-corrected chi connectivity index (χ1v) is 9.24. The van der Waals surface area contributed by atoms with E-state index in [4.69, 9.17) is 16.3 Å². The van der Waals surface area contributed by atoms with E-state index in [9.17, 15) is 14.4 Å². The van der Waals surface area contributed by atoms with Gasteiger partial charge < -0.3 is 4.74 Å². The summed E-state index contributed by atoms with van der Waals surface area (Å²) in [5, 5.41) is 4.53. The van der Waals surface area contributed by atoms with Gasteiger partial charge in [0.05, 0.1) is 15.6 Å². The van der Waals surface area contributed by atoms with Crippen LogP contribution in [-0.4, -0.2) is 26.4 Å². The molecule has 0 aliphatic rings. The van der Waals surface area contributed by atoms with Gasteiger partial charge in [-0.25, -0.2) is 4.98 Å². The van der Waals surface area contributed by atoms with Crippen LogP contribution in [0.1, 0.15) is 33.2 Å². The molecule has 0 unspecified atom stereocenters. The molecule has 3 rings (SSSR count). The second-order valence-electron chi connectivity index (χ2n) is 5.11. The Morgan fingerprint density at radius 3 is 2.80 bits per heavy atom. The van der Waals surface area contributed by atoms with E-state index in [0.717, 1.165) is 0 Å². The Hall–Kier alpha value is -2.10. The molecule has 0 bridgehead atoms. The third kappa shape index (κ3) is 4.30. The maximum atomic E-state index is 11.9. The number of Topliss-reactive ketones (excluding diaryl/α,β-unsaturated/α-hetero) is 1. The number of aromatic nitrogens is 3. The Bertz CT molecular complexity index is 1010. The molecule has 25 heavy (non-hydrogen) atoms. The maximum Gasteiger partial charge on any atom is 0.306 e. The van der Waals surface area contributed by atoms with Gasteiger partial charge in [0.2, 0.25) is 4.96 Å². The summed E-state index contributed by atoms with van der Waals surface area (Å²) in [5.74, 6) is -0.660. The van der Waals surface area contributed by atoms with Crippen molar-refractivity contribution < 1.29 is 14.3 Å². The van der Waals surface area contributed by atoms with Gasteiger partial charge in [-0.2, -0.15) is 9.61 Å². The lowest BCUT2D eigenvalue weighted by atomic mass is 10.2. The van der Waals surface area contributed by atoms with Gasteiger partial charge >= 0.3 is 5.97 Å². The van der Waals surface area contributed by atoms with Gasteiger partial charge in [-0.05, 0) is 19.1 Å². The molecule has 3 aromatic rings. The van der Waals surface area contributed by atoms with E-state index in [-0.39, 0.29) is 30.8 Å². The number of carbonyl (C=O) groups is 2. The summed E-state index contributed by atoms with van der Waals surface area (Å²) in [7, 11) is 0. The van der Waals surface area contributed by atoms with Gasteiger partial charge in [0.25, 0.3) is 5.56 Å². The van der Waals surface area contributed by atoms with Crippen molar-refractivity contribution in [3.8, 4) is 0 Å². The predicted molar refractivity (Wildman–Crippen MR) is 94.6 cm³/mol. The summed E-state index contributed by atoms with van der Waals surface area (Å²) >= 11 is 8.13. The van der Waals surface area contributed by atoms with Gasteiger partial charge in [0.1, 0.15) is 6.61 Å². The van der Waals surface area contributed by atoms with Gasteiger partial charge in [-0.1, -0.05) is 22.9 Å². The Labute approximate surface area is 154 Å². The minimum absolute atomic E-state index is 0.0312. The molecule has 0 radical (unpaired) electrons. The third-order valence-corrected chi connectivity index (χ3v) is 5.33. The lowest BCUT2D eigenvalue weighted by Crippen LogP contribution is -2.14. The first kappa shape index (κ1) is 17.7. The van der Waals surface area contributed by atoms with Gasteiger partial charge in [0, 0.05) is 18.2 Å². The number of ketones is 1. The van der Waals surface area contributed by atoms with Crippen molar-refractivity contribution in [2.45, 2.75) is 26.4 Å². The van der Waals surface area contributed by atoms with E-state index in [0.29, 0.717) is 24.9 Å². The van der Waals surface area contributed by atoms with E-state index in [1.54, 1.807) is 19.1 Å². The van der Waals surface area contributed by atoms with Gasteiger partial charge in [-0.15, -0.1) is 11.3 Å². The summed E-state index contributed by atoms with van der Waals surface area (Å²) in [6.07, 6.45) is 0.0201. The molecule has 0 aromatic carbocycles. The largest absolute Gasteiger partial charge is 0.458 e. The molecular weight excluding hydrogens is 386 g/mol. The summed E-state index contributed by atoms with van der Waals surface area (Å²) < 4.78 is 6.81. The molecule has 0 aliphatic heterocycles. The summed E-state index contributed by atoms with van der Waals surface area (Å²) in [6, 6.07) is 4.65. The lowest BCUT2D eigenvalue weighted by Gasteiger charge is -2.01. The quantitative estimate of drug-likeness (QED) is 0.469. The molecule has 0 aliphatic carbocycles. The Morgan fingerprint density at radius 1 is 1.28 bits per heavy atom. The second kappa shape index (κ2) is 7.42. The van der Waals surface area contributed by atoms with Crippen LogP contribution in [0, 0.1) is 6.92 Å². The molecule has 0 spiro atoms. The van der Waals surface area contributed by atoms with Crippen LogP contribution in [0.5, 0.6) is 0 Å². The molecule has 10 heteroatoms. The van der Waals surface area contributed by atoms with E-state index in [2.05, 4.69) is 10.1 Å². The number of hydrogen-bond acceptors (Lipinski definition) is 8. The van der Waals surface area contributed by atoms with Crippen LogP contribution in [0.3, 0.4) is 0 Å². The van der Waals surface area contributed by atoms with Crippen LogP contribution in [0.15, 0.2) is 23.0 Å². The number of ether oxygens (including phenoxy) is 1. The predicted octanol–water partition coefficient (Wildman–Crippen LogP) is 2.88. The van der Waals surface area contributed by atoms with E-state index < -0.39 is 5.97 Å². The molecule has 0 saturated carbocycles. The van der Waals surface area contributed by atoms with E-state index >= 15 is 0 Å².